The Hall–Kier alpha value is -2.75. The normalized spacial score (nSPS) is 10.6. The summed E-state index contributed by atoms with van der Waals surface area (Å²) in [6.07, 6.45) is 0. The second-order valence-electron chi connectivity index (χ2n) is 6.16. The average Bonchev–Trinajstić information content (AvgIpc) is 2.61. The highest BCUT2D eigenvalue weighted by Crippen LogP contribution is 2.49. The van der Waals surface area contributed by atoms with Crippen molar-refractivity contribution >= 4 is 7.82 Å². The quantitative estimate of drug-likeness (QED) is 0.495. The molecule has 0 saturated heterocycles. The Labute approximate surface area is 160 Å². The molecule has 0 unspecified atom stereocenters. The lowest BCUT2D eigenvalue weighted by Crippen LogP contribution is -2.07. The van der Waals surface area contributed by atoms with E-state index in [1.807, 2.05) is 57.2 Å². The topological polar surface area (TPSA) is 79.8 Å². The molecule has 3 aromatic carbocycles. The molecule has 3 aromatic rings. The maximum absolute atomic E-state index is 13.3. The Morgan fingerprint density at radius 3 is 0.963 bits per heavy atom. The van der Waals surface area contributed by atoms with Gasteiger partial charge in [0.1, 0.15) is 17.2 Å². The maximum atomic E-state index is 13.3. The number of benzene rings is 3. The van der Waals surface area contributed by atoms with Gasteiger partial charge < -0.3 is 19.7 Å². The lowest BCUT2D eigenvalue weighted by molar-refractivity contribution is 0.298. The lowest BCUT2D eigenvalue weighted by atomic mass is 10.2. The van der Waals surface area contributed by atoms with E-state index in [0.29, 0.717) is 17.2 Å². The van der Waals surface area contributed by atoms with Crippen LogP contribution in [0.15, 0.2) is 72.8 Å². The molecule has 142 valence electrons. The van der Waals surface area contributed by atoms with Crippen LogP contribution < -0.4 is 19.7 Å². The molecule has 0 spiro atoms. The molecular weight excluding hydrogens is 361 g/mol. The van der Waals surface area contributed by atoms with E-state index in [4.69, 9.17) is 13.6 Å². The van der Waals surface area contributed by atoms with Gasteiger partial charge in [0.15, 0.2) is 0 Å². The van der Waals surface area contributed by atoms with Gasteiger partial charge in [-0.1, -0.05) is 53.1 Å². The zero-order valence-corrected chi connectivity index (χ0v) is 16.6. The van der Waals surface area contributed by atoms with Crippen molar-refractivity contribution < 1.29 is 18.1 Å². The molecule has 0 aliphatic carbocycles. The van der Waals surface area contributed by atoms with Crippen LogP contribution >= 0.6 is 7.82 Å². The summed E-state index contributed by atoms with van der Waals surface area (Å²) in [6, 6.07) is 21.6. The van der Waals surface area contributed by atoms with Crippen molar-refractivity contribution in [2.45, 2.75) is 20.8 Å². The Bertz CT molecular complexity index is 784. The largest absolute Gasteiger partial charge is 0.647 e. The zero-order valence-electron chi connectivity index (χ0n) is 15.7. The van der Waals surface area contributed by atoms with Crippen LogP contribution in [-0.2, 0) is 4.57 Å². The van der Waals surface area contributed by atoms with Crippen molar-refractivity contribution in [1.29, 1.82) is 0 Å². The molecule has 0 heterocycles. The van der Waals surface area contributed by atoms with Crippen LogP contribution in [-0.4, -0.2) is 0 Å². The summed E-state index contributed by atoms with van der Waals surface area (Å²) in [6.45, 7) is 5.90. The Morgan fingerprint density at radius 1 is 0.519 bits per heavy atom. The van der Waals surface area contributed by atoms with Crippen LogP contribution in [0.3, 0.4) is 0 Å². The smallest absolute Gasteiger partial charge is 0.386 e. The average molecular weight is 385 g/mol. The van der Waals surface area contributed by atoms with Gasteiger partial charge in [-0.05, 0) is 57.2 Å². The van der Waals surface area contributed by atoms with Crippen LogP contribution in [0.1, 0.15) is 16.7 Å². The minimum atomic E-state index is -3.93. The van der Waals surface area contributed by atoms with Gasteiger partial charge >= 0.3 is 7.82 Å². The second-order valence-corrected chi connectivity index (χ2v) is 7.60. The minimum absolute atomic E-state index is 0. The predicted octanol–water partition coefficient (Wildman–Crippen LogP) is 6.42. The van der Waals surface area contributed by atoms with Gasteiger partial charge in [-0.15, -0.1) is 0 Å². The molecule has 0 aromatic heterocycles. The van der Waals surface area contributed by atoms with Crippen LogP contribution in [0.25, 0.3) is 0 Å². The highest BCUT2D eigenvalue weighted by molar-refractivity contribution is 7.49. The van der Waals surface area contributed by atoms with Gasteiger partial charge in [0, 0.05) is 0 Å². The third-order valence-electron chi connectivity index (χ3n) is 3.71. The fourth-order valence-electron chi connectivity index (χ4n) is 2.24. The van der Waals surface area contributed by atoms with Crippen molar-refractivity contribution in [1.82, 2.24) is 6.15 Å². The molecular formula is C21H24NO4P. The lowest BCUT2D eigenvalue weighted by Gasteiger charge is -2.19. The van der Waals surface area contributed by atoms with Crippen LogP contribution in [0.2, 0.25) is 0 Å². The molecule has 6 heteroatoms. The van der Waals surface area contributed by atoms with Gasteiger partial charge in [-0.2, -0.15) is 4.57 Å². The Kier molecular flexibility index (Phi) is 6.67. The number of hydrogen-bond acceptors (Lipinski definition) is 5. The number of phosphoric ester groups is 1. The standard InChI is InChI=1S/C21H21O4P.H3N/c1-16-4-10-19(11-5-16)23-26(22,24-20-12-6-17(2)7-13-20)25-21-14-8-18(3)9-15-21;/h4-15H,1-3H3;1H3. The number of hydrogen-bond donors (Lipinski definition) is 1. The third kappa shape index (κ3) is 5.88. The number of rotatable bonds is 6. The molecule has 0 radical (unpaired) electrons. The van der Waals surface area contributed by atoms with Crippen LogP contribution in [0.4, 0.5) is 0 Å². The molecule has 3 N–H and O–H groups in total. The molecule has 0 fully saturated rings. The summed E-state index contributed by atoms with van der Waals surface area (Å²) < 4.78 is 30.2. The van der Waals surface area contributed by atoms with E-state index >= 15 is 0 Å². The van der Waals surface area contributed by atoms with Gasteiger partial charge in [-0.25, -0.2) is 0 Å². The van der Waals surface area contributed by atoms with Gasteiger partial charge in [-0.3, -0.25) is 0 Å². The minimum Gasteiger partial charge on any atom is -0.386 e. The summed E-state index contributed by atoms with van der Waals surface area (Å²) in [7, 11) is -3.93. The highest BCUT2D eigenvalue weighted by atomic mass is 31.2. The Balaban J connectivity index is 0.00000261. The van der Waals surface area contributed by atoms with Gasteiger partial charge in [0.25, 0.3) is 0 Å². The van der Waals surface area contributed by atoms with E-state index in [-0.39, 0.29) is 6.15 Å². The van der Waals surface area contributed by atoms with E-state index in [0.717, 1.165) is 16.7 Å². The molecule has 0 atom stereocenters. The van der Waals surface area contributed by atoms with E-state index in [1.165, 1.54) is 0 Å². The predicted molar refractivity (Wildman–Crippen MR) is 108 cm³/mol. The van der Waals surface area contributed by atoms with E-state index in [2.05, 4.69) is 0 Å². The van der Waals surface area contributed by atoms with Crippen LogP contribution in [0.5, 0.6) is 17.2 Å². The first-order chi connectivity index (χ1) is 12.4. The van der Waals surface area contributed by atoms with Crippen molar-refractivity contribution in [3.8, 4) is 17.2 Å². The van der Waals surface area contributed by atoms with E-state index in [9.17, 15) is 4.57 Å². The molecule has 0 aliphatic heterocycles. The zero-order chi connectivity index (χ0) is 18.6. The van der Waals surface area contributed by atoms with Crippen molar-refractivity contribution in [3.63, 3.8) is 0 Å². The SMILES string of the molecule is Cc1ccc(OP(=O)(Oc2ccc(C)cc2)Oc2ccc(C)cc2)cc1.N. The first-order valence-corrected chi connectivity index (χ1v) is 9.77. The summed E-state index contributed by atoms with van der Waals surface area (Å²) in [5, 5.41) is 0. The van der Waals surface area contributed by atoms with Gasteiger partial charge in [0.2, 0.25) is 0 Å². The van der Waals surface area contributed by atoms with Crippen molar-refractivity contribution in [2.75, 3.05) is 0 Å². The Morgan fingerprint density at radius 2 is 0.741 bits per heavy atom. The number of phosphoric acid groups is 1. The summed E-state index contributed by atoms with van der Waals surface area (Å²) in [4.78, 5) is 0. The molecule has 0 bridgehead atoms. The van der Waals surface area contributed by atoms with E-state index in [1.54, 1.807) is 36.4 Å². The van der Waals surface area contributed by atoms with Crippen LogP contribution in [0, 0.1) is 20.8 Å². The fourth-order valence-corrected chi connectivity index (χ4v) is 3.49. The van der Waals surface area contributed by atoms with Gasteiger partial charge in [0.05, 0.1) is 0 Å². The first kappa shape index (κ1) is 20.6. The number of aryl methyl sites for hydroxylation is 3. The van der Waals surface area contributed by atoms with E-state index < -0.39 is 7.82 Å². The molecule has 27 heavy (non-hydrogen) atoms. The fraction of sp³-hybridized carbons (Fsp3) is 0.143. The third-order valence-corrected chi connectivity index (χ3v) is 5.02. The monoisotopic (exact) mass is 385 g/mol. The molecule has 0 saturated carbocycles. The molecule has 0 amide bonds. The summed E-state index contributed by atoms with van der Waals surface area (Å²) >= 11 is 0. The summed E-state index contributed by atoms with van der Waals surface area (Å²) in [5.74, 6) is 1.24. The maximum Gasteiger partial charge on any atom is 0.647 e. The first-order valence-electron chi connectivity index (χ1n) is 8.31. The molecule has 3 rings (SSSR count). The van der Waals surface area contributed by atoms with Crippen molar-refractivity contribution in [2.24, 2.45) is 0 Å². The van der Waals surface area contributed by atoms with Crippen molar-refractivity contribution in [3.05, 3.63) is 89.5 Å². The molecule has 5 nitrogen and oxygen atoms in total. The second kappa shape index (κ2) is 8.76. The summed E-state index contributed by atoms with van der Waals surface area (Å²) in [5.41, 5.74) is 3.23. The highest BCUT2D eigenvalue weighted by Gasteiger charge is 2.33. The molecule has 0 aliphatic rings.